The van der Waals surface area contributed by atoms with Crippen LogP contribution in [0.1, 0.15) is 18.0 Å². The summed E-state index contributed by atoms with van der Waals surface area (Å²) in [5, 5.41) is 12.0. The molecule has 33 heavy (non-hydrogen) atoms. The first-order chi connectivity index (χ1) is 16.3. The maximum Gasteiger partial charge on any atom is 0.253 e. The van der Waals surface area contributed by atoms with Gasteiger partial charge in [0.2, 0.25) is 5.82 Å². The summed E-state index contributed by atoms with van der Waals surface area (Å²) in [4.78, 5) is 22.5. The zero-order valence-electron chi connectivity index (χ0n) is 17.4. The number of rotatable bonds is 5. The van der Waals surface area contributed by atoms with Gasteiger partial charge in [-0.3, -0.25) is 4.79 Å². The molecule has 3 aromatic heterocycles. The van der Waals surface area contributed by atoms with E-state index in [9.17, 15) is 4.79 Å². The Bertz CT molecular complexity index is 1480. The molecule has 0 N–H and O–H groups in total. The average Bonchev–Trinajstić information content (AvgIpc) is 3.63. The number of carbonyl (C=O) groups excluding carboxylic acids is 1. The molecule has 4 heterocycles. The Hall–Kier alpha value is -3.98. The van der Waals surface area contributed by atoms with Crippen LogP contribution < -0.4 is 0 Å². The molecule has 1 aliphatic rings. The minimum absolute atomic E-state index is 0.0826. The molecule has 5 aromatic rings. The summed E-state index contributed by atoms with van der Waals surface area (Å²) >= 11 is 1.32. The number of hydrogen-bond donors (Lipinski definition) is 0. The fraction of sp³-hybridized carbons (Fsp3) is 0.125. The highest BCUT2D eigenvalue weighted by Gasteiger charge is 2.28. The van der Waals surface area contributed by atoms with Crippen molar-refractivity contribution in [2.75, 3.05) is 5.75 Å². The molecule has 0 radical (unpaired) electrons. The molecule has 6 rings (SSSR count). The monoisotopic (exact) mass is 454 g/mol. The topological polar surface area (TPSA) is 88.9 Å². The predicted molar refractivity (Wildman–Crippen MR) is 126 cm³/mol. The van der Waals surface area contributed by atoms with E-state index >= 15 is 0 Å². The molecule has 2 aromatic carbocycles. The van der Waals surface area contributed by atoms with Crippen molar-refractivity contribution in [2.45, 2.75) is 17.6 Å². The summed E-state index contributed by atoms with van der Waals surface area (Å²) in [5.74, 6) is 1.14. The Morgan fingerprint density at radius 1 is 1.03 bits per heavy atom. The maximum atomic E-state index is 13.1. The summed E-state index contributed by atoms with van der Waals surface area (Å²) in [6.07, 6.45) is 4.08. The summed E-state index contributed by atoms with van der Waals surface area (Å²) in [5.41, 5.74) is 2.53. The molecule has 9 heteroatoms. The lowest BCUT2D eigenvalue weighted by Gasteiger charge is -2.22. The molecule has 162 valence electrons. The predicted octanol–water partition coefficient (Wildman–Crippen LogP) is 4.59. The second kappa shape index (κ2) is 8.18. The van der Waals surface area contributed by atoms with Gasteiger partial charge in [-0.25, -0.2) is 15.0 Å². The van der Waals surface area contributed by atoms with Gasteiger partial charge >= 0.3 is 0 Å². The van der Waals surface area contributed by atoms with Gasteiger partial charge in [0, 0.05) is 18.0 Å². The second-order valence-electron chi connectivity index (χ2n) is 7.55. The van der Waals surface area contributed by atoms with E-state index in [0.29, 0.717) is 28.8 Å². The van der Waals surface area contributed by atoms with E-state index in [1.807, 2.05) is 60.7 Å². The van der Waals surface area contributed by atoms with Crippen molar-refractivity contribution < 1.29 is 9.21 Å². The number of hydrazone groups is 1. The zero-order chi connectivity index (χ0) is 22.2. The second-order valence-corrected chi connectivity index (χ2v) is 8.49. The number of thioether (sulfide) groups is 1. The number of nitrogens with zero attached hydrogens (tertiary/aromatic N) is 6. The Morgan fingerprint density at radius 2 is 1.88 bits per heavy atom. The van der Waals surface area contributed by atoms with Crippen LogP contribution in [0.25, 0.3) is 28.1 Å². The van der Waals surface area contributed by atoms with Crippen molar-refractivity contribution in [3.05, 3.63) is 78.6 Å². The van der Waals surface area contributed by atoms with Gasteiger partial charge in [0.25, 0.3) is 5.91 Å². The number of carbonyl (C=O) groups is 1. The van der Waals surface area contributed by atoms with E-state index in [2.05, 4.69) is 15.2 Å². The Morgan fingerprint density at radius 3 is 2.73 bits per heavy atom. The zero-order valence-corrected chi connectivity index (χ0v) is 18.2. The minimum Gasteiger partial charge on any atom is -0.461 e. The maximum absolute atomic E-state index is 13.1. The van der Waals surface area contributed by atoms with Gasteiger partial charge in [0.05, 0.1) is 23.6 Å². The van der Waals surface area contributed by atoms with E-state index in [1.165, 1.54) is 11.8 Å². The van der Waals surface area contributed by atoms with E-state index < -0.39 is 0 Å². The third-order valence-electron chi connectivity index (χ3n) is 5.49. The summed E-state index contributed by atoms with van der Waals surface area (Å²) in [6, 6.07) is 21.2. The lowest BCUT2D eigenvalue weighted by Crippen LogP contribution is -2.28. The normalized spacial score (nSPS) is 15.6. The Balaban J connectivity index is 1.32. The lowest BCUT2D eigenvalue weighted by atomic mass is 10.0. The third-order valence-corrected chi connectivity index (χ3v) is 6.40. The third kappa shape index (κ3) is 3.56. The standard InChI is InChI=1S/C24H18N6O2S/c31-21(29-19(12-13-25-29)16-7-2-1-3-8-16)15-33-24-26-18-10-5-4-9-17(18)23-27-22(28-30(23)24)20-11-6-14-32-20/h1-11,13-14,19H,12,15H2/t19-/m1/s1. The van der Waals surface area contributed by atoms with E-state index in [-0.39, 0.29) is 17.7 Å². The Kier molecular flexibility index (Phi) is 4.88. The molecule has 0 saturated heterocycles. The van der Waals surface area contributed by atoms with Crippen molar-refractivity contribution in [2.24, 2.45) is 5.10 Å². The quantitative estimate of drug-likeness (QED) is 0.285. The molecule has 0 fully saturated rings. The smallest absolute Gasteiger partial charge is 0.253 e. The number of hydrogen-bond acceptors (Lipinski definition) is 7. The van der Waals surface area contributed by atoms with Gasteiger partial charge in [0.15, 0.2) is 16.6 Å². The van der Waals surface area contributed by atoms with Gasteiger partial charge in [-0.15, -0.1) is 5.10 Å². The van der Waals surface area contributed by atoms with Crippen molar-refractivity contribution >= 4 is 40.4 Å². The van der Waals surface area contributed by atoms with Gasteiger partial charge in [-0.1, -0.05) is 54.2 Å². The molecule has 8 nitrogen and oxygen atoms in total. The first kappa shape index (κ1) is 19.7. The molecule has 1 amide bonds. The highest BCUT2D eigenvalue weighted by molar-refractivity contribution is 7.99. The van der Waals surface area contributed by atoms with E-state index in [1.54, 1.807) is 28.1 Å². The SMILES string of the molecule is O=C(CSc1nc2ccccc2c2nc(-c3ccco3)nn12)N1N=CC[C@@H]1c1ccccc1. The highest BCUT2D eigenvalue weighted by atomic mass is 32.2. The van der Waals surface area contributed by atoms with Crippen LogP contribution >= 0.6 is 11.8 Å². The summed E-state index contributed by atoms with van der Waals surface area (Å²) in [7, 11) is 0. The molecule has 0 aliphatic carbocycles. The molecule has 0 saturated carbocycles. The van der Waals surface area contributed by atoms with Gasteiger partial charge in [0.1, 0.15) is 0 Å². The van der Waals surface area contributed by atoms with E-state index in [0.717, 1.165) is 16.5 Å². The number of fused-ring (bicyclic) bond motifs is 3. The van der Waals surface area contributed by atoms with Gasteiger partial charge < -0.3 is 4.42 Å². The molecule has 0 unspecified atom stereocenters. The summed E-state index contributed by atoms with van der Waals surface area (Å²) in [6.45, 7) is 0. The fourth-order valence-electron chi connectivity index (χ4n) is 3.93. The molecule has 0 spiro atoms. The number of para-hydroxylation sites is 1. The molecule has 1 aliphatic heterocycles. The molecule has 0 bridgehead atoms. The minimum atomic E-state index is -0.0860. The highest BCUT2D eigenvalue weighted by Crippen LogP contribution is 2.30. The van der Waals surface area contributed by atoms with Gasteiger partial charge in [-0.05, 0) is 29.8 Å². The largest absolute Gasteiger partial charge is 0.461 e. The average molecular weight is 455 g/mol. The lowest BCUT2D eigenvalue weighted by molar-refractivity contribution is -0.130. The molecule has 1 atom stereocenters. The number of aromatic nitrogens is 4. The number of amides is 1. The molecular weight excluding hydrogens is 436 g/mol. The van der Waals surface area contributed by atoms with Crippen LogP contribution in [0, 0.1) is 0 Å². The number of benzene rings is 2. The van der Waals surface area contributed by atoms with Crippen LogP contribution in [0.4, 0.5) is 0 Å². The molecular formula is C24H18N6O2S. The van der Waals surface area contributed by atoms with Crippen molar-refractivity contribution in [1.29, 1.82) is 0 Å². The van der Waals surface area contributed by atoms with Crippen LogP contribution in [-0.2, 0) is 4.79 Å². The van der Waals surface area contributed by atoms with Crippen LogP contribution in [0.15, 0.2) is 87.7 Å². The number of furan rings is 1. The van der Waals surface area contributed by atoms with Crippen molar-refractivity contribution in [3.63, 3.8) is 0 Å². The van der Waals surface area contributed by atoms with Crippen LogP contribution in [0.2, 0.25) is 0 Å². The Labute approximate surface area is 192 Å². The van der Waals surface area contributed by atoms with Crippen LogP contribution in [0.3, 0.4) is 0 Å². The van der Waals surface area contributed by atoms with Gasteiger partial charge in [-0.2, -0.15) is 9.62 Å². The summed E-state index contributed by atoms with van der Waals surface area (Å²) < 4.78 is 7.16. The van der Waals surface area contributed by atoms with E-state index in [4.69, 9.17) is 9.40 Å². The van der Waals surface area contributed by atoms with Crippen molar-refractivity contribution in [1.82, 2.24) is 24.6 Å². The fourth-order valence-corrected chi connectivity index (χ4v) is 4.73. The first-order valence-corrected chi connectivity index (χ1v) is 11.5. The first-order valence-electron chi connectivity index (χ1n) is 10.5. The van der Waals surface area contributed by atoms with Crippen LogP contribution in [-0.4, -0.2) is 42.5 Å². The van der Waals surface area contributed by atoms with Crippen molar-refractivity contribution in [3.8, 4) is 11.6 Å². The van der Waals surface area contributed by atoms with Crippen LogP contribution in [0.5, 0.6) is 0 Å².